The first-order valence-corrected chi connectivity index (χ1v) is 12.0. The van der Waals surface area contributed by atoms with Crippen LogP contribution in [0.2, 0.25) is 0 Å². The number of thiol groups is 1. The van der Waals surface area contributed by atoms with Crippen molar-refractivity contribution in [3.63, 3.8) is 0 Å². The Morgan fingerprint density at radius 1 is 1.41 bits per heavy atom. The average Bonchev–Trinajstić information content (AvgIpc) is 2.77. The van der Waals surface area contributed by atoms with Gasteiger partial charge in [-0.05, 0) is 24.6 Å². The van der Waals surface area contributed by atoms with Gasteiger partial charge in [-0.15, -0.1) is 0 Å². The van der Waals surface area contributed by atoms with Crippen molar-refractivity contribution in [2.24, 2.45) is 0 Å². The summed E-state index contributed by atoms with van der Waals surface area (Å²) in [6.45, 7) is 0.754. The van der Waals surface area contributed by atoms with Crippen LogP contribution in [0.4, 0.5) is 5.69 Å². The summed E-state index contributed by atoms with van der Waals surface area (Å²) in [7, 11) is 6.49. The van der Waals surface area contributed by atoms with Crippen LogP contribution in [0.15, 0.2) is 24.3 Å². The number of carbonyl (C=O) groups is 2. The van der Waals surface area contributed by atoms with Gasteiger partial charge in [0.05, 0.1) is 11.6 Å². The van der Waals surface area contributed by atoms with E-state index in [1.807, 2.05) is 4.67 Å². The zero-order valence-electron chi connectivity index (χ0n) is 11.7. The average molecular weight is 394 g/mol. The molecular formula is C12H18N2O3P4S. The van der Waals surface area contributed by atoms with Crippen LogP contribution >= 0.6 is 47.4 Å². The number of benzene rings is 1. The molecule has 1 aromatic carbocycles. The van der Waals surface area contributed by atoms with Crippen LogP contribution in [-0.4, -0.2) is 34.4 Å². The molecular weight excluding hydrogens is 376 g/mol. The highest BCUT2D eigenvalue weighted by Gasteiger charge is 2.33. The fraction of sp³-hybridized carbons (Fsp3) is 0.333. The lowest BCUT2D eigenvalue weighted by atomic mass is 10.1. The minimum absolute atomic E-state index is 0.101. The lowest BCUT2D eigenvalue weighted by molar-refractivity contribution is -0.119. The van der Waals surface area contributed by atoms with Gasteiger partial charge in [0.15, 0.2) is 0 Å². The Bertz CT molecular complexity index is 575. The first kappa shape index (κ1) is 18.5. The Morgan fingerprint density at radius 2 is 2.14 bits per heavy atom. The number of nitrogens with zero attached hydrogens (tertiary/aromatic N) is 1. The zero-order chi connectivity index (χ0) is 16.3. The molecule has 120 valence electrons. The summed E-state index contributed by atoms with van der Waals surface area (Å²) in [5, 5.41) is 3.04. The van der Waals surface area contributed by atoms with E-state index >= 15 is 0 Å². The van der Waals surface area contributed by atoms with Crippen molar-refractivity contribution >= 4 is 65.0 Å². The molecule has 5 unspecified atom stereocenters. The lowest BCUT2D eigenvalue weighted by Gasteiger charge is -2.18. The molecule has 5 atom stereocenters. The quantitative estimate of drug-likeness (QED) is 0.609. The van der Waals surface area contributed by atoms with E-state index in [0.29, 0.717) is 17.7 Å². The smallest absolute Gasteiger partial charge is 0.341 e. The second-order valence-electron chi connectivity index (χ2n) is 4.91. The fourth-order valence-corrected chi connectivity index (χ4v) is 4.14. The summed E-state index contributed by atoms with van der Waals surface area (Å²) in [6, 6.07) is 6.52. The number of rotatable bonds is 4. The Hall–Kier alpha value is 0.190. The van der Waals surface area contributed by atoms with Crippen molar-refractivity contribution in [2.45, 2.75) is 17.7 Å². The highest BCUT2D eigenvalue weighted by atomic mass is 32.4. The van der Waals surface area contributed by atoms with Gasteiger partial charge in [0.1, 0.15) is 7.53 Å². The Kier molecular flexibility index (Phi) is 7.02. The molecule has 0 saturated carbocycles. The standard InChI is InChI=1S/C12H18N2O3P4S/c15-11(10-5-9(22)6-14(10)18)13-8-3-1-2-7(4-8)12(16)17-21(19)20/h1-4,9-10,22H,5-6,18-20H2,(H,13,15). The van der Waals surface area contributed by atoms with Gasteiger partial charge in [0.2, 0.25) is 5.91 Å². The zero-order valence-corrected chi connectivity index (χ0v) is 16.9. The molecule has 1 amide bonds. The number of anilines is 1. The summed E-state index contributed by atoms with van der Waals surface area (Å²) >= 11 is 4.41. The van der Waals surface area contributed by atoms with Crippen molar-refractivity contribution in [1.29, 1.82) is 0 Å². The van der Waals surface area contributed by atoms with E-state index in [2.05, 4.69) is 45.2 Å². The van der Waals surface area contributed by atoms with Gasteiger partial charge in [-0.2, -0.15) is 12.6 Å². The number of hydrogen-bond acceptors (Lipinski definition) is 5. The molecule has 1 saturated heterocycles. The fourth-order valence-electron chi connectivity index (χ4n) is 2.19. The van der Waals surface area contributed by atoms with E-state index in [9.17, 15) is 9.59 Å². The Labute approximate surface area is 143 Å². The third-order valence-electron chi connectivity index (χ3n) is 3.17. The number of amides is 1. The van der Waals surface area contributed by atoms with Crippen LogP contribution in [-0.2, 0) is 9.32 Å². The summed E-state index contributed by atoms with van der Waals surface area (Å²) < 4.78 is 7.05. The Morgan fingerprint density at radius 3 is 2.73 bits per heavy atom. The summed E-state index contributed by atoms with van der Waals surface area (Å²) in [5.41, 5.74) is 0.994. The molecule has 1 aromatic rings. The highest BCUT2D eigenvalue weighted by molar-refractivity contribution is 8.41. The maximum atomic E-state index is 12.3. The van der Waals surface area contributed by atoms with E-state index in [-0.39, 0.29) is 17.2 Å². The van der Waals surface area contributed by atoms with Crippen LogP contribution in [0.25, 0.3) is 0 Å². The van der Waals surface area contributed by atoms with Gasteiger partial charge < -0.3 is 9.84 Å². The van der Waals surface area contributed by atoms with E-state index in [4.69, 9.17) is 4.52 Å². The normalized spacial score (nSPS) is 21.9. The van der Waals surface area contributed by atoms with Crippen molar-refractivity contribution < 1.29 is 14.1 Å². The van der Waals surface area contributed by atoms with Gasteiger partial charge >= 0.3 is 5.97 Å². The molecule has 22 heavy (non-hydrogen) atoms. The van der Waals surface area contributed by atoms with Crippen LogP contribution in [0.3, 0.4) is 0 Å². The van der Waals surface area contributed by atoms with E-state index in [1.54, 1.807) is 24.3 Å². The Balaban J connectivity index is 2.04. The van der Waals surface area contributed by atoms with E-state index < -0.39 is 13.5 Å². The van der Waals surface area contributed by atoms with Gasteiger partial charge in [0.25, 0.3) is 0 Å². The minimum atomic E-state index is -0.930. The molecule has 5 nitrogen and oxygen atoms in total. The summed E-state index contributed by atoms with van der Waals surface area (Å²) in [4.78, 5) is 24.2. The third-order valence-corrected chi connectivity index (χ3v) is 5.13. The van der Waals surface area contributed by atoms with E-state index in [0.717, 1.165) is 6.54 Å². The minimum Gasteiger partial charge on any atom is -0.433 e. The molecule has 1 aliphatic rings. The number of nitrogens with one attached hydrogen (secondary N) is 1. The van der Waals surface area contributed by atoms with Crippen molar-refractivity contribution in [3.05, 3.63) is 29.8 Å². The van der Waals surface area contributed by atoms with Gasteiger partial charge in [0, 0.05) is 17.5 Å². The summed E-state index contributed by atoms with van der Waals surface area (Å²) in [5.74, 6) is -0.507. The van der Waals surface area contributed by atoms with Crippen LogP contribution in [0.5, 0.6) is 0 Å². The van der Waals surface area contributed by atoms with E-state index in [1.165, 1.54) is 0 Å². The van der Waals surface area contributed by atoms with Gasteiger partial charge in [-0.3, -0.25) is 9.46 Å². The lowest BCUT2D eigenvalue weighted by Crippen LogP contribution is -2.34. The first-order valence-electron chi connectivity index (χ1n) is 6.49. The van der Waals surface area contributed by atoms with Gasteiger partial charge in [-0.25, -0.2) is 4.79 Å². The second kappa shape index (κ2) is 8.34. The molecule has 0 aromatic heterocycles. The predicted octanol–water partition coefficient (Wildman–Crippen LogP) is 2.92. The maximum Gasteiger partial charge on any atom is 0.341 e. The molecule has 1 fully saturated rings. The largest absolute Gasteiger partial charge is 0.433 e. The predicted molar refractivity (Wildman–Crippen MR) is 104 cm³/mol. The third kappa shape index (κ3) is 5.10. The molecule has 1 N–H and O–H groups in total. The summed E-state index contributed by atoms with van der Waals surface area (Å²) in [6.07, 6.45) is 0.699. The molecule has 10 heteroatoms. The molecule has 1 aliphatic heterocycles. The van der Waals surface area contributed by atoms with Gasteiger partial charge in [-0.1, -0.05) is 33.3 Å². The first-order chi connectivity index (χ1) is 10.4. The molecule has 2 rings (SSSR count). The second-order valence-corrected chi connectivity index (χ2v) is 12.0. The molecule has 0 spiro atoms. The molecule has 0 bridgehead atoms. The number of hydrogen-bond donors (Lipinski definition) is 2. The van der Waals surface area contributed by atoms with Crippen molar-refractivity contribution in [1.82, 2.24) is 4.67 Å². The molecule has 0 radical (unpaired) electrons. The van der Waals surface area contributed by atoms with Crippen LogP contribution in [0.1, 0.15) is 16.8 Å². The maximum absolute atomic E-state index is 12.3. The highest BCUT2D eigenvalue weighted by Crippen LogP contribution is 2.54. The van der Waals surface area contributed by atoms with Crippen molar-refractivity contribution in [3.8, 4) is 0 Å². The monoisotopic (exact) mass is 394 g/mol. The van der Waals surface area contributed by atoms with Crippen LogP contribution in [0, 0.1) is 0 Å². The number of carbonyl (C=O) groups excluding carboxylic acids is 2. The topological polar surface area (TPSA) is 58.6 Å². The molecule has 1 heterocycles. The van der Waals surface area contributed by atoms with Crippen molar-refractivity contribution in [2.75, 3.05) is 11.9 Å². The molecule has 0 aliphatic carbocycles. The SMILES string of the molecule is O=C(OP(P)P)c1cccc(NC(=O)C2CC(S)CN2P)c1. The van der Waals surface area contributed by atoms with Crippen LogP contribution < -0.4 is 5.32 Å².